The molecule has 0 radical (unpaired) electrons. The largest absolute Gasteiger partial charge is 0.496 e. The second-order valence-corrected chi connectivity index (χ2v) is 3.73. The number of rotatable bonds is 3. The van der Waals surface area contributed by atoms with E-state index in [9.17, 15) is 4.79 Å². The van der Waals surface area contributed by atoms with Crippen molar-refractivity contribution < 1.29 is 9.53 Å². The standard InChI is InChI=1S/C10H10Cl2O2/c1-6(13)10(12)8-4-3-7(11)5-9(8)14-2/h3-5,10H,1-2H3. The summed E-state index contributed by atoms with van der Waals surface area (Å²) in [4.78, 5) is 11.1. The third-order valence-corrected chi connectivity index (χ3v) is 2.60. The highest BCUT2D eigenvalue weighted by Crippen LogP contribution is 2.32. The minimum Gasteiger partial charge on any atom is -0.496 e. The fraction of sp³-hybridized carbons (Fsp3) is 0.300. The lowest BCUT2D eigenvalue weighted by molar-refractivity contribution is -0.116. The summed E-state index contributed by atoms with van der Waals surface area (Å²) >= 11 is 11.7. The number of ether oxygens (including phenoxy) is 1. The molecule has 1 unspecified atom stereocenters. The van der Waals surface area contributed by atoms with Crippen molar-refractivity contribution in [2.75, 3.05) is 7.11 Å². The molecular formula is C10H10Cl2O2. The Bertz CT molecular complexity index is 350. The number of benzene rings is 1. The molecule has 0 bridgehead atoms. The van der Waals surface area contributed by atoms with Crippen LogP contribution in [0.2, 0.25) is 5.02 Å². The van der Waals surface area contributed by atoms with Crippen LogP contribution < -0.4 is 4.74 Å². The van der Waals surface area contributed by atoms with Gasteiger partial charge in [0.05, 0.1) is 7.11 Å². The van der Waals surface area contributed by atoms with E-state index in [2.05, 4.69) is 0 Å². The number of ketones is 1. The average molecular weight is 233 g/mol. The zero-order valence-electron chi connectivity index (χ0n) is 7.88. The maximum Gasteiger partial charge on any atom is 0.152 e. The Morgan fingerprint density at radius 2 is 2.14 bits per heavy atom. The highest BCUT2D eigenvalue weighted by molar-refractivity contribution is 6.32. The minimum absolute atomic E-state index is 0.118. The van der Waals surface area contributed by atoms with Crippen molar-refractivity contribution in [3.63, 3.8) is 0 Å². The summed E-state index contributed by atoms with van der Waals surface area (Å²) in [6.07, 6.45) is 0. The fourth-order valence-electron chi connectivity index (χ4n) is 1.11. The molecule has 0 N–H and O–H groups in total. The van der Waals surface area contributed by atoms with Crippen molar-refractivity contribution >= 4 is 29.0 Å². The van der Waals surface area contributed by atoms with Crippen molar-refractivity contribution in [3.05, 3.63) is 28.8 Å². The van der Waals surface area contributed by atoms with E-state index in [1.54, 1.807) is 18.2 Å². The van der Waals surface area contributed by atoms with Gasteiger partial charge in [-0.3, -0.25) is 4.79 Å². The molecule has 1 atom stereocenters. The lowest BCUT2D eigenvalue weighted by Gasteiger charge is -2.11. The van der Waals surface area contributed by atoms with Crippen LogP contribution >= 0.6 is 23.2 Å². The zero-order valence-corrected chi connectivity index (χ0v) is 9.39. The third kappa shape index (κ3) is 2.40. The van der Waals surface area contributed by atoms with E-state index in [1.165, 1.54) is 14.0 Å². The van der Waals surface area contributed by atoms with E-state index in [0.29, 0.717) is 16.3 Å². The van der Waals surface area contributed by atoms with E-state index in [1.807, 2.05) is 0 Å². The fourth-order valence-corrected chi connectivity index (χ4v) is 1.46. The topological polar surface area (TPSA) is 26.3 Å². The second kappa shape index (κ2) is 4.67. The highest BCUT2D eigenvalue weighted by Gasteiger charge is 2.17. The molecular weight excluding hydrogens is 223 g/mol. The van der Waals surface area contributed by atoms with Gasteiger partial charge in [-0.2, -0.15) is 0 Å². The van der Waals surface area contributed by atoms with Crippen LogP contribution in [0.25, 0.3) is 0 Å². The van der Waals surface area contributed by atoms with Crippen molar-refractivity contribution in [1.82, 2.24) is 0 Å². The first kappa shape index (κ1) is 11.3. The van der Waals surface area contributed by atoms with Crippen LogP contribution in [0.15, 0.2) is 18.2 Å². The molecule has 0 heterocycles. The first-order chi connectivity index (χ1) is 6.56. The van der Waals surface area contributed by atoms with Crippen molar-refractivity contribution in [3.8, 4) is 5.75 Å². The molecule has 0 saturated carbocycles. The molecule has 76 valence electrons. The van der Waals surface area contributed by atoms with Crippen molar-refractivity contribution in [2.45, 2.75) is 12.3 Å². The number of carbonyl (C=O) groups excluding carboxylic acids is 1. The van der Waals surface area contributed by atoms with Crippen LogP contribution in [0.3, 0.4) is 0 Å². The SMILES string of the molecule is COc1cc(Cl)ccc1C(Cl)C(C)=O. The number of alkyl halides is 1. The molecule has 0 aliphatic rings. The van der Waals surface area contributed by atoms with Crippen LogP contribution in [0.4, 0.5) is 0 Å². The molecule has 1 aromatic carbocycles. The molecule has 0 fully saturated rings. The van der Waals surface area contributed by atoms with Gasteiger partial charge in [0, 0.05) is 10.6 Å². The molecule has 1 rings (SSSR count). The number of Topliss-reactive ketones (excluding diaryl/α,β-unsaturated/α-hetero) is 1. The number of carbonyl (C=O) groups is 1. The molecule has 4 heteroatoms. The highest BCUT2D eigenvalue weighted by atomic mass is 35.5. The Balaban J connectivity index is 3.13. The van der Waals surface area contributed by atoms with E-state index in [4.69, 9.17) is 27.9 Å². The summed E-state index contributed by atoms with van der Waals surface area (Å²) in [6.45, 7) is 1.44. The van der Waals surface area contributed by atoms with Gasteiger partial charge in [-0.25, -0.2) is 0 Å². The van der Waals surface area contributed by atoms with Crippen molar-refractivity contribution in [1.29, 1.82) is 0 Å². The first-order valence-electron chi connectivity index (χ1n) is 4.04. The van der Waals surface area contributed by atoms with Gasteiger partial charge < -0.3 is 4.74 Å². The normalized spacial score (nSPS) is 12.3. The lowest BCUT2D eigenvalue weighted by atomic mass is 10.1. The smallest absolute Gasteiger partial charge is 0.152 e. The Hall–Kier alpha value is -0.730. The van der Waals surface area contributed by atoms with Gasteiger partial charge >= 0.3 is 0 Å². The maximum absolute atomic E-state index is 11.1. The number of methoxy groups -OCH3 is 1. The van der Waals surface area contributed by atoms with Crippen LogP contribution in [-0.4, -0.2) is 12.9 Å². The molecule has 0 aliphatic heterocycles. The summed E-state index contributed by atoms with van der Waals surface area (Å²) < 4.78 is 5.08. The number of hydrogen-bond acceptors (Lipinski definition) is 2. The van der Waals surface area contributed by atoms with Gasteiger partial charge in [-0.1, -0.05) is 17.7 Å². The molecule has 0 amide bonds. The summed E-state index contributed by atoms with van der Waals surface area (Å²) in [5.41, 5.74) is 0.645. The molecule has 1 aromatic rings. The summed E-state index contributed by atoms with van der Waals surface area (Å²) in [6, 6.07) is 5.01. The quantitative estimate of drug-likeness (QED) is 0.749. The molecule has 0 saturated heterocycles. The van der Waals surface area contributed by atoms with Gasteiger partial charge in [-0.15, -0.1) is 11.6 Å². The third-order valence-electron chi connectivity index (χ3n) is 1.83. The molecule has 0 aromatic heterocycles. The monoisotopic (exact) mass is 232 g/mol. The molecule has 2 nitrogen and oxygen atoms in total. The second-order valence-electron chi connectivity index (χ2n) is 2.86. The molecule has 0 aliphatic carbocycles. The zero-order chi connectivity index (χ0) is 10.7. The van der Waals surface area contributed by atoms with E-state index in [-0.39, 0.29) is 5.78 Å². The summed E-state index contributed by atoms with van der Waals surface area (Å²) in [5.74, 6) is 0.417. The van der Waals surface area contributed by atoms with Crippen LogP contribution in [0.5, 0.6) is 5.75 Å². The first-order valence-corrected chi connectivity index (χ1v) is 4.85. The predicted molar refractivity (Wildman–Crippen MR) is 57.3 cm³/mol. The molecule has 14 heavy (non-hydrogen) atoms. The average Bonchev–Trinajstić information content (AvgIpc) is 2.16. The molecule has 0 spiro atoms. The van der Waals surface area contributed by atoms with Gasteiger partial charge in [0.1, 0.15) is 11.1 Å². The van der Waals surface area contributed by atoms with E-state index >= 15 is 0 Å². The lowest BCUT2D eigenvalue weighted by Crippen LogP contribution is -2.03. The minimum atomic E-state index is -0.679. The van der Waals surface area contributed by atoms with Gasteiger partial charge in [-0.05, 0) is 19.1 Å². The van der Waals surface area contributed by atoms with Gasteiger partial charge in [0.15, 0.2) is 5.78 Å². The van der Waals surface area contributed by atoms with Gasteiger partial charge in [0.25, 0.3) is 0 Å². The predicted octanol–water partition coefficient (Wildman–Crippen LogP) is 3.22. The van der Waals surface area contributed by atoms with Crippen LogP contribution in [-0.2, 0) is 4.79 Å². The van der Waals surface area contributed by atoms with E-state index < -0.39 is 5.38 Å². The summed E-state index contributed by atoms with van der Waals surface area (Å²) in [5, 5.41) is -0.125. The Kier molecular flexibility index (Phi) is 3.78. The van der Waals surface area contributed by atoms with Crippen molar-refractivity contribution in [2.24, 2.45) is 0 Å². The van der Waals surface area contributed by atoms with Gasteiger partial charge in [0.2, 0.25) is 0 Å². The Labute approximate surface area is 92.8 Å². The number of hydrogen-bond donors (Lipinski definition) is 0. The Morgan fingerprint density at radius 1 is 1.50 bits per heavy atom. The number of halogens is 2. The van der Waals surface area contributed by atoms with E-state index in [0.717, 1.165) is 0 Å². The summed E-state index contributed by atoms with van der Waals surface area (Å²) in [7, 11) is 1.51. The van der Waals surface area contributed by atoms with Crippen LogP contribution in [0.1, 0.15) is 17.9 Å². The van der Waals surface area contributed by atoms with Crippen LogP contribution in [0, 0.1) is 0 Å². The maximum atomic E-state index is 11.1. The Morgan fingerprint density at radius 3 is 2.64 bits per heavy atom.